The number of carbonyl (C=O) groups excluding carboxylic acids is 1. The van der Waals surface area contributed by atoms with E-state index in [1.165, 1.54) is 0 Å². The predicted molar refractivity (Wildman–Crippen MR) is 132 cm³/mol. The topological polar surface area (TPSA) is 88.5 Å². The largest absolute Gasteiger partial charge is 0.493 e. The van der Waals surface area contributed by atoms with E-state index >= 15 is 0 Å². The Hall–Kier alpha value is -4.59. The molecule has 0 atom stereocenters. The van der Waals surface area contributed by atoms with E-state index in [1.807, 2.05) is 24.3 Å². The number of hydrogen-bond donors (Lipinski definition) is 0. The maximum atomic E-state index is 12.7. The highest BCUT2D eigenvalue weighted by atomic mass is 16.7. The van der Waals surface area contributed by atoms with Crippen LogP contribution in [0.4, 0.5) is 0 Å². The molecule has 0 saturated heterocycles. The van der Waals surface area contributed by atoms with Crippen molar-refractivity contribution < 1.29 is 28.6 Å². The van der Waals surface area contributed by atoms with Crippen LogP contribution in [0.15, 0.2) is 78.1 Å². The van der Waals surface area contributed by atoms with Crippen molar-refractivity contribution in [2.45, 2.75) is 0 Å². The first-order valence-corrected chi connectivity index (χ1v) is 10.7. The smallest absolute Gasteiger partial charge is 0.365 e. The summed E-state index contributed by atoms with van der Waals surface area (Å²) in [5.74, 6) is 1.56. The molecule has 0 N–H and O–H groups in total. The molecule has 4 rings (SSSR count). The van der Waals surface area contributed by atoms with Crippen LogP contribution in [0.1, 0.15) is 21.6 Å². The first-order valence-electron chi connectivity index (χ1n) is 10.7. The van der Waals surface area contributed by atoms with Gasteiger partial charge in [-0.1, -0.05) is 23.4 Å². The zero-order valence-electron chi connectivity index (χ0n) is 19.8. The van der Waals surface area contributed by atoms with Gasteiger partial charge in [0.05, 0.1) is 34.0 Å². The van der Waals surface area contributed by atoms with E-state index in [2.05, 4.69) is 10.1 Å². The summed E-state index contributed by atoms with van der Waals surface area (Å²) in [4.78, 5) is 22.6. The standard InChI is InChI=1S/C27H24N2O6/c1-31-21-11-10-19(15-22(21)32-2)25(29-35-27(30)17-8-6-5-7-9-17)26-20-16-24(34-4)23(33-3)14-18(20)12-13-28-26/h5-16H,1-4H3. The Morgan fingerprint density at radius 3 is 2.06 bits per heavy atom. The molecule has 0 fully saturated rings. The van der Waals surface area contributed by atoms with Gasteiger partial charge >= 0.3 is 5.97 Å². The van der Waals surface area contributed by atoms with Gasteiger partial charge in [-0.05, 0) is 53.9 Å². The van der Waals surface area contributed by atoms with Gasteiger partial charge in [-0.2, -0.15) is 0 Å². The van der Waals surface area contributed by atoms with Crippen LogP contribution in [0.3, 0.4) is 0 Å². The van der Waals surface area contributed by atoms with Gasteiger partial charge in [-0.25, -0.2) is 4.79 Å². The van der Waals surface area contributed by atoms with E-state index in [0.29, 0.717) is 45.5 Å². The van der Waals surface area contributed by atoms with Gasteiger partial charge < -0.3 is 23.8 Å². The predicted octanol–water partition coefficient (Wildman–Crippen LogP) is 4.88. The average molecular weight is 472 g/mol. The summed E-state index contributed by atoms with van der Waals surface area (Å²) in [5, 5.41) is 5.83. The minimum absolute atomic E-state index is 0.327. The molecule has 0 spiro atoms. The van der Waals surface area contributed by atoms with E-state index in [0.717, 1.165) is 10.8 Å². The number of hydrogen-bond acceptors (Lipinski definition) is 8. The van der Waals surface area contributed by atoms with E-state index < -0.39 is 5.97 Å². The number of pyridine rings is 1. The SMILES string of the molecule is COc1ccc(C(=NOC(=O)c2ccccc2)c2nccc3cc(OC)c(OC)cc23)cc1OC. The van der Waals surface area contributed by atoms with Crippen molar-refractivity contribution in [2.75, 3.05) is 28.4 Å². The molecule has 8 nitrogen and oxygen atoms in total. The molecule has 35 heavy (non-hydrogen) atoms. The van der Waals surface area contributed by atoms with Crippen molar-refractivity contribution in [3.8, 4) is 23.0 Å². The lowest BCUT2D eigenvalue weighted by Gasteiger charge is -2.14. The van der Waals surface area contributed by atoms with Gasteiger partial charge in [0.15, 0.2) is 23.0 Å². The number of rotatable bonds is 8. The van der Waals surface area contributed by atoms with Gasteiger partial charge in [0, 0.05) is 17.1 Å². The lowest BCUT2D eigenvalue weighted by Crippen LogP contribution is -2.11. The second kappa shape index (κ2) is 10.6. The molecule has 1 aromatic heterocycles. The van der Waals surface area contributed by atoms with Gasteiger partial charge in [0.1, 0.15) is 11.4 Å². The quantitative estimate of drug-likeness (QED) is 0.205. The first-order chi connectivity index (χ1) is 17.1. The summed E-state index contributed by atoms with van der Waals surface area (Å²) < 4.78 is 21.8. The number of carbonyl (C=O) groups is 1. The summed E-state index contributed by atoms with van der Waals surface area (Å²) >= 11 is 0. The highest BCUT2D eigenvalue weighted by Crippen LogP contribution is 2.35. The molecule has 0 aliphatic heterocycles. The molecule has 0 aliphatic carbocycles. The minimum atomic E-state index is -0.594. The maximum Gasteiger partial charge on any atom is 0.365 e. The molecule has 0 amide bonds. The fourth-order valence-corrected chi connectivity index (χ4v) is 3.62. The lowest BCUT2D eigenvalue weighted by atomic mass is 10.0. The average Bonchev–Trinajstić information content (AvgIpc) is 2.92. The fourth-order valence-electron chi connectivity index (χ4n) is 3.62. The van der Waals surface area contributed by atoms with Crippen molar-refractivity contribution in [3.63, 3.8) is 0 Å². The van der Waals surface area contributed by atoms with Crippen molar-refractivity contribution in [1.29, 1.82) is 0 Å². The highest BCUT2D eigenvalue weighted by molar-refractivity contribution is 6.18. The molecule has 4 aromatic rings. The van der Waals surface area contributed by atoms with Crippen LogP contribution in [0, 0.1) is 0 Å². The Bertz CT molecular complexity index is 1390. The zero-order chi connectivity index (χ0) is 24.8. The van der Waals surface area contributed by atoms with E-state index in [-0.39, 0.29) is 0 Å². The number of oxime groups is 1. The van der Waals surface area contributed by atoms with Crippen LogP contribution in [0.5, 0.6) is 23.0 Å². The number of aromatic nitrogens is 1. The molecule has 8 heteroatoms. The maximum absolute atomic E-state index is 12.7. The molecule has 0 bridgehead atoms. The Labute approximate surface area is 202 Å². The van der Waals surface area contributed by atoms with Crippen LogP contribution in [-0.2, 0) is 4.84 Å². The third kappa shape index (κ3) is 4.86. The number of ether oxygens (including phenoxy) is 4. The van der Waals surface area contributed by atoms with E-state index in [4.69, 9.17) is 23.8 Å². The van der Waals surface area contributed by atoms with Gasteiger partial charge in [-0.15, -0.1) is 0 Å². The monoisotopic (exact) mass is 472 g/mol. The number of fused-ring (bicyclic) bond motifs is 1. The number of nitrogens with zero attached hydrogens (tertiary/aromatic N) is 2. The second-order valence-electron chi connectivity index (χ2n) is 7.34. The second-order valence-corrected chi connectivity index (χ2v) is 7.34. The molecule has 0 unspecified atom stereocenters. The zero-order valence-corrected chi connectivity index (χ0v) is 19.8. The Morgan fingerprint density at radius 1 is 0.714 bits per heavy atom. The molecule has 178 valence electrons. The summed E-state index contributed by atoms with van der Waals surface area (Å²) in [7, 11) is 6.23. The fraction of sp³-hybridized carbons (Fsp3) is 0.148. The molecule has 0 radical (unpaired) electrons. The number of benzene rings is 3. The number of methoxy groups -OCH3 is 4. The molecule has 1 heterocycles. The normalized spacial score (nSPS) is 11.1. The molecular formula is C27H24N2O6. The van der Waals surface area contributed by atoms with Crippen LogP contribution >= 0.6 is 0 Å². The van der Waals surface area contributed by atoms with Crippen molar-refractivity contribution in [2.24, 2.45) is 5.16 Å². The highest BCUT2D eigenvalue weighted by Gasteiger charge is 2.19. The van der Waals surface area contributed by atoms with Crippen molar-refractivity contribution >= 4 is 22.5 Å². The summed E-state index contributed by atoms with van der Waals surface area (Å²) in [6.45, 7) is 0. The lowest BCUT2D eigenvalue weighted by molar-refractivity contribution is 0.0517. The van der Waals surface area contributed by atoms with Gasteiger partial charge in [0.25, 0.3) is 0 Å². The first kappa shape index (κ1) is 23.6. The van der Waals surface area contributed by atoms with Gasteiger partial charge in [0.2, 0.25) is 0 Å². The minimum Gasteiger partial charge on any atom is -0.493 e. The summed E-state index contributed by atoms with van der Waals surface area (Å²) in [5.41, 5.74) is 1.79. The van der Waals surface area contributed by atoms with Crippen LogP contribution in [-0.4, -0.2) is 45.1 Å². The Kier molecular flexibility index (Phi) is 7.11. The van der Waals surface area contributed by atoms with Gasteiger partial charge in [-0.3, -0.25) is 4.98 Å². The molecular weight excluding hydrogens is 448 g/mol. The van der Waals surface area contributed by atoms with Crippen LogP contribution < -0.4 is 18.9 Å². The van der Waals surface area contributed by atoms with Crippen LogP contribution in [0.25, 0.3) is 10.8 Å². The van der Waals surface area contributed by atoms with E-state index in [9.17, 15) is 4.79 Å². The molecule has 3 aromatic carbocycles. The van der Waals surface area contributed by atoms with Crippen LogP contribution in [0.2, 0.25) is 0 Å². The Morgan fingerprint density at radius 2 is 1.37 bits per heavy atom. The Balaban J connectivity index is 1.89. The third-order valence-corrected chi connectivity index (χ3v) is 5.38. The molecule has 0 saturated carbocycles. The third-order valence-electron chi connectivity index (χ3n) is 5.38. The van der Waals surface area contributed by atoms with Crippen molar-refractivity contribution in [3.05, 3.63) is 89.7 Å². The molecule has 0 aliphatic rings. The van der Waals surface area contributed by atoms with Crippen molar-refractivity contribution in [1.82, 2.24) is 4.98 Å². The summed E-state index contributed by atoms with van der Waals surface area (Å²) in [6.07, 6.45) is 1.65. The summed E-state index contributed by atoms with van der Waals surface area (Å²) in [6, 6.07) is 19.4. The van der Waals surface area contributed by atoms with E-state index in [1.54, 1.807) is 77.1 Å².